The van der Waals surface area contributed by atoms with Crippen LogP contribution in [-0.2, 0) is 15.8 Å². The van der Waals surface area contributed by atoms with Crippen LogP contribution in [0.15, 0.2) is 57.1 Å². The Balaban J connectivity index is 1.40. The molecule has 0 aliphatic carbocycles. The number of benzene rings is 1. The van der Waals surface area contributed by atoms with Gasteiger partial charge in [0.2, 0.25) is 15.9 Å². The summed E-state index contributed by atoms with van der Waals surface area (Å²) in [5.41, 5.74) is 4.14. The van der Waals surface area contributed by atoms with Gasteiger partial charge in [0.05, 0.1) is 10.7 Å². The van der Waals surface area contributed by atoms with Crippen LogP contribution in [0.3, 0.4) is 0 Å². The fourth-order valence-corrected chi connectivity index (χ4v) is 5.92. The van der Waals surface area contributed by atoms with Crippen molar-refractivity contribution < 1.29 is 12.8 Å². The molecule has 0 radical (unpaired) electrons. The van der Waals surface area contributed by atoms with Gasteiger partial charge >= 0.3 is 0 Å². The van der Waals surface area contributed by atoms with Gasteiger partial charge in [0.25, 0.3) is 0 Å². The van der Waals surface area contributed by atoms with Gasteiger partial charge in [0, 0.05) is 30.6 Å². The maximum absolute atomic E-state index is 12.9. The molecule has 1 aliphatic heterocycles. The summed E-state index contributed by atoms with van der Waals surface area (Å²) < 4.78 is 33.0. The van der Waals surface area contributed by atoms with Gasteiger partial charge in [-0.3, -0.25) is 0 Å². The van der Waals surface area contributed by atoms with Crippen LogP contribution in [0.4, 0.5) is 0 Å². The Labute approximate surface area is 188 Å². The van der Waals surface area contributed by atoms with E-state index >= 15 is 0 Å². The Morgan fingerprint density at radius 3 is 2.52 bits per heavy atom. The number of sulfonamides is 1. The van der Waals surface area contributed by atoms with Gasteiger partial charge in [-0.05, 0) is 50.5 Å². The zero-order valence-electron chi connectivity index (χ0n) is 17.9. The molecule has 0 unspecified atom stereocenters. The summed E-state index contributed by atoms with van der Waals surface area (Å²) in [6.07, 6.45) is 7.15. The Bertz CT molecular complexity index is 1130. The quantitative estimate of drug-likeness (QED) is 0.473. The second-order valence-electron chi connectivity index (χ2n) is 7.90. The van der Waals surface area contributed by atoms with Gasteiger partial charge in [-0.15, -0.1) is 0 Å². The summed E-state index contributed by atoms with van der Waals surface area (Å²) in [7, 11) is -3.47. The third-order valence-corrected chi connectivity index (χ3v) is 8.30. The van der Waals surface area contributed by atoms with Crippen molar-refractivity contribution in [1.29, 1.82) is 0 Å². The maximum Gasteiger partial charge on any atom is 0.244 e. The lowest BCUT2D eigenvalue weighted by atomic mass is 10.1. The van der Waals surface area contributed by atoms with Crippen LogP contribution in [0.25, 0.3) is 11.5 Å². The lowest BCUT2D eigenvalue weighted by molar-refractivity contribution is 0.423. The Hall–Kier alpha value is -2.16. The molecule has 0 saturated carbocycles. The molecule has 3 aromatic rings. The highest BCUT2D eigenvalue weighted by Gasteiger charge is 2.25. The average molecular weight is 458 g/mol. The molecular weight excluding hydrogens is 430 g/mol. The largest absolute Gasteiger partial charge is 0.444 e. The van der Waals surface area contributed by atoms with E-state index in [1.165, 1.54) is 23.5 Å². The van der Waals surface area contributed by atoms with Crippen LogP contribution >= 0.6 is 11.8 Å². The van der Waals surface area contributed by atoms with Crippen molar-refractivity contribution in [2.75, 3.05) is 13.1 Å². The van der Waals surface area contributed by atoms with Crippen molar-refractivity contribution in [3.05, 3.63) is 59.6 Å². The molecule has 3 heterocycles. The average Bonchev–Trinajstić information content (AvgIpc) is 3.04. The monoisotopic (exact) mass is 457 g/mol. The molecule has 4 rings (SSSR count). The summed E-state index contributed by atoms with van der Waals surface area (Å²) in [6.45, 7) is 5.29. The van der Waals surface area contributed by atoms with Crippen molar-refractivity contribution in [1.82, 2.24) is 14.3 Å². The predicted octanol–water partition coefficient (Wildman–Crippen LogP) is 5.21. The highest BCUT2D eigenvalue weighted by Crippen LogP contribution is 2.27. The van der Waals surface area contributed by atoms with Crippen molar-refractivity contribution in [3.63, 3.8) is 0 Å². The van der Waals surface area contributed by atoms with Crippen LogP contribution in [0.5, 0.6) is 0 Å². The fraction of sp³-hybridized carbons (Fsp3) is 0.391. The molecule has 0 N–H and O–H groups in total. The van der Waals surface area contributed by atoms with Crippen LogP contribution < -0.4 is 0 Å². The first-order valence-corrected chi connectivity index (χ1v) is 13.0. The number of aromatic nitrogens is 2. The van der Waals surface area contributed by atoms with Gasteiger partial charge in [0.15, 0.2) is 0 Å². The lowest BCUT2D eigenvalue weighted by Crippen LogP contribution is -2.32. The number of pyridine rings is 1. The summed E-state index contributed by atoms with van der Waals surface area (Å²) in [4.78, 5) is 9.22. The summed E-state index contributed by atoms with van der Waals surface area (Å²) in [6, 6.07) is 9.60. The van der Waals surface area contributed by atoms with E-state index in [0.717, 1.165) is 47.5 Å². The molecule has 0 bridgehead atoms. The molecule has 1 aliphatic rings. The normalized spacial score (nSPS) is 15.7. The first-order valence-electron chi connectivity index (χ1n) is 10.5. The number of hydrogen-bond acceptors (Lipinski definition) is 6. The molecule has 1 fully saturated rings. The van der Waals surface area contributed by atoms with E-state index in [4.69, 9.17) is 4.42 Å². The molecule has 164 valence electrons. The number of oxazole rings is 1. The van der Waals surface area contributed by atoms with Crippen LogP contribution in [0, 0.1) is 13.8 Å². The van der Waals surface area contributed by atoms with Crippen molar-refractivity contribution in [2.45, 2.75) is 55.2 Å². The molecule has 0 atom stereocenters. The maximum atomic E-state index is 12.9. The van der Waals surface area contributed by atoms with Crippen LogP contribution in [0.1, 0.15) is 42.5 Å². The lowest BCUT2D eigenvalue weighted by Gasteiger charge is -2.19. The summed E-state index contributed by atoms with van der Waals surface area (Å²) in [5.74, 6) is 1.21. The van der Waals surface area contributed by atoms with Crippen molar-refractivity contribution in [3.8, 4) is 11.5 Å². The molecule has 0 spiro atoms. The highest BCUT2D eigenvalue weighted by atomic mass is 32.2. The Morgan fingerprint density at radius 2 is 1.84 bits per heavy atom. The number of thioether (sulfide) groups is 1. The molecule has 2 aromatic heterocycles. The number of aryl methyl sites for hydroxylation is 2. The molecule has 1 saturated heterocycles. The fourth-order valence-electron chi connectivity index (χ4n) is 3.73. The van der Waals surface area contributed by atoms with Gasteiger partial charge in [-0.2, -0.15) is 4.31 Å². The van der Waals surface area contributed by atoms with E-state index in [1.54, 1.807) is 22.7 Å². The molecule has 31 heavy (non-hydrogen) atoms. The van der Waals surface area contributed by atoms with E-state index in [1.807, 2.05) is 19.1 Å². The molecular formula is C23H27N3O3S2. The molecule has 6 nitrogen and oxygen atoms in total. The topological polar surface area (TPSA) is 76.3 Å². The Kier molecular flexibility index (Phi) is 6.79. The minimum absolute atomic E-state index is 0.261. The zero-order valence-corrected chi connectivity index (χ0v) is 19.5. The molecule has 1 aromatic carbocycles. The van der Waals surface area contributed by atoms with E-state index in [0.29, 0.717) is 24.7 Å². The SMILES string of the molecule is Cc1ccc(-c2nc(CSc3ccc(S(=O)(=O)N4CCCCCC4)cn3)co2)c(C)c1. The highest BCUT2D eigenvalue weighted by molar-refractivity contribution is 7.98. The van der Waals surface area contributed by atoms with Gasteiger partial charge < -0.3 is 4.42 Å². The minimum atomic E-state index is -3.47. The number of rotatable bonds is 6. The van der Waals surface area contributed by atoms with E-state index < -0.39 is 10.0 Å². The van der Waals surface area contributed by atoms with Gasteiger partial charge in [0.1, 0.15) is 11.2 Å². The van der Waals surface area contributed by atoms with Gasteiger partial charge in [-0.1, -0.05) is 42.3 Å². The molecule has 8 heteroatoms. The Morgan fingerprint density at radius 1 is 1.06 bits per heavy atom. The van der Waals surface area contributed by atoms with Gasteiger partial charge in [-0.25, -0.2) is 18.4 Å². The number of nitrogens with zero attached hydrogens (tertiary/aromatic N) is 3. The summed E-state index contributed by atoms with van der Waals surface area (Å²) in [5, 5.41) is 0.755. The standard InChI is InChI=1S/C23H27N3O3S2/c1-17-7-9-21(18(2)13-17)23-25-19(15-29-23)16-30-22-10-8-20(14-24-22)31(27,28)26-11-5-3-4-6-12-26/h7-10,13-15H,3-6,11-12,16H2,1-2H3. The van der Waals surface area contributed by atoms with E-state index in [9.17, 15) is 8.42 Å². The summed E-state index contributed by atoms with van der Waals surface area (Å²) >= 11 is 1.50. The van der Waals surface area contributed by atoms with E-state index in [-0.39, 0.29) is 4.90 Å². The van der Waals surface area contributed by atoms with E-state index in [2.05, 4.69) is 23.0 Å². The van der Waals surface area contributed by atoms with Crippen molar-refractivity contribution in [2.24, 2.45) is 0 Å². The first kappa shape index (κ1) is 22.0. The minimum Gasteiger partial charge on any atom is -0.444 e. The van der Waals surface area contributed by atoms with Crippen LogP contribution in [0.2, 0.25) is 0 Å². The number of hydrogen-bond donors (Lipinski definition) is 0. The van der Waals surface area contributed by atoms with Crippen molar-refractivity contribution >= 4 is 21.8 Å². The van der Waals surface area contributed by atoms with Crippen LogP contribution in [-0.4, -0.2) is 35.8 Å². The third kappa shape index (κ3) is 5.19. The second kappa shape index (κ2) is 9.54. The first-order chi connectivity index (χ1) is 14.9. The molecule has 0 amide bonds. The third-order valence-electron chi connectivity index (χ3n) is 5.44. The predicted molar refractivity (Wildman–Crippen MR) is 122 cm³/mol. The second-order valence-corrected chi connectivity index (χ2v) is 10.8. The zero-order chi connectivity index (χ0) is 21.8. The smallest absolute Gasteiger partial charge is 0.244 e.